The van der Waals surface area contributed by atoms with E-state index < -0.39 is 0 Å². The molecule has 0 aliphatic rings. The SMILES string of the molecule is CC(C)CCC(C)NCCn1ccc2ccccc21. The van der Waals surface area contributed by atoms with Crippen LogP contribution in [0.15, 0.2) is 36.5 Å². The van der Waals surface area contributed by atoms with E-state index in [0.29, 0.717) is 6.04 Å². The summed E-state index contributed by atoms with van der Waals surface area (Å²) in [5.41, 5.74) is 1.33. The van der Waals surface area contributed by atoms with Gasteiger partial charge in [-0.05, 0) is 43.2 Å². The van der Waals surface area contributed by atoms with Crippen LogP contribution < -0.4 is 5.32 Å². The smallest absolute Gasteiger partial charge is 0.0480 e. The van der Waals surface area contributed by atoms with Gasteiger partial charge in [-0.25, -0.2) is 0 Å². The zero-order valence-electron chi connectivity index (χ0n) is 12.4. The Morgan fingerprint density at radius 1 is 1.05 bits per heavy atom. The van der Waals surface area contributed by atoms with Gasteiger partial charge in [0.1, 0.15) is 0 Å². The van der Waals surface area contributed by atoms with Crippen LogP contribution in [0, 0.1) is 5.92 Å². The first kappa shape index (κ1) is 14.1. The maximum atomic E-state index is 3.62. The normalized spacial score (nSPS) is 13.3. The molecule has 19 heavy (non-hydrogen) atoms. The second kappa shape index (κ2) is 6.76. The van der Waals surface area contributed by atoms with Gasteiger partial charge in [0.05, 0.1) is 0 Å². The van der Waals surface area contributed by atoms with Crippen molar-refractivity contribution in [3.05, 3.63) is 36.5 Å². The van der Waals surface area contributed by atoms with Crippen LogP contribution in [0.2, 0.25) is 0 Å². The first-order valence-corrected chi connectivity index (χ1v) is 7.44. The average molecular weight is 258 g/mol. The molecule has 1 aromatic carbocycles. The van der Waals surface area contributed by atoms with Crippen molar-refractivity contribution in [2.75, 3.05) is 6.54 Å². The van der Waals surface area contributed by atoms with Crippen molar-refractivity contribution >= 4 is 10.9 Å². The molecule has 0 saturated carbocycles. The molecule has 0 bridgehead atoms. The minimum absolute atomic E-state index is 0.615. The van der Waals surface area contributed by atoms with Crippen LogP contribution in [-0.2, 0) is 6.54 Å². The molecule has 0 saturated heterocycles. The van der Waals surface area contributed by atoms with E-state index in [4.69, 9.17) is 0 Å². The van der Waals surface area contributed by atoms with Crippen LogP contribution in [0.3, 0.4) is 0 Å². The lowest BCUT2D eigenvalue weighted by molar-refractivity contribution is 0.443. The van der Waals surface area contributed by atoms with Crippen LogP contribution in [0.4, 0.5) is 0 Å². The Morgan fingerprint density at radius 3 is 2.63 bits per heavy atom. The third kappa shape index (κ3) is 4.10. The van der Waals surface area contributed by atoms with Gasteiger partial charge in [-0.15, -0.1) is 0 Å². The highest BCUT2D eigenvalue weighted by molar-refractivity contribution is 5.79. The summed E-state index contributed by atoms with van der Waals surface area (Å²) in [5, 5.41) is 4.95. The van der Waals surface area contributed by atoms with Crippen LogP contribution >= 0.6 is 0 Å². The largest absolute Gasteiger partial charge is 0.346 e. The minimum atomic E-state index is 0.615. The Bertz CT molecular complexity index is 499. The first-order valence-electron chi connectivity index (χ1n) is 7.44. The second-order valence-electron chi connectivity index (χ2n) is 5.89. The number of nitrogens with zero attached hydrogens (tertiary/aromatic N) is 1. The number of aromatic nitrogens is 1. The van der Waals surface area contributed by atoms with Crippen LogP contribution in [-0.4, -0.2) is 17.2 Å². The van der Waals surface area contributed by atoms with Gasteiger partial charge in [-0.1, -0.05) is 32.0 Å². The van der Waals surface area contributed by atoms with Gasteiger partial charge in [0.15, 0.2) is 0 Å². The molecule has 104 valence electrons. The molecule has 0 fully saturated rings. The molecule has 0 spiro atoms. The molecule has 0 radical (unpaired) electrons. The number of nitrogens with one attached hydrogen (secondary N) is 1. The van der Waals surface area contributed by atoms with E-state index in [-0.39, 0.29) is 0 Å². The highest BCUT2D eigenvalue weighted by atomic mass is 15.0. The molecule has 2 heteroatoms. The number of para-hydroxylation sites is 1. The van der Waals surface area contributed by atoms with Gasteiger partial charge in [-0.2, -0.15) is 0 Å². The average Bonchev–Trinajstić information content (AvgIpc) is 2.80. The Kier molecular flexibility index (Phi) is 5.03. The summed E-state index contributed by atoms with van der Waals surface area (Å²) in [6.45, 7) is 8.95. The number of hydrogen-bond acceptors (Lipinski definition) is 1. The lowest BCUT2D eigenvalue weighted by Gasteiger charge is -2.15. The number of fused-ring (bicyclic) bond motifs is 1. The first-order chi connectivity index (χ1) is 9.16. The number of benzene rings is 1. The molecule has 0 aliphatic carbocycles. The molecule has 0 aliphatic heterocycles. The maximum Gasteiger partial charge on any atom is 0.0480 e. The summed E-state index contributed by atoms with van der Waals surface area (Å²) >= 11 is 0. The van der Waals surface area contributed by atoms with Crippen molar-refractivity contribution in [2.45, 2.75) is 46.2 Å². The maximum absolute atomic E-state index is 3.62. The van der Waals surface area contributed by atoms with Crippen molar-refractivity contribution in [3.63, 3.8) is 0 Å². The number of rotatable bonds is 7. The summed E-state index contributed by atoms with van der Waals surface area (Å²) in [6.07, 6.45) is 4.76. The standard InChI is InChI=1S/C17H26N2/c1-14(2)8-9-15(3)18-11-13-19-12-10-16-6-4-5-7-17(16)19/h4-7,10,12,14-15,18H,8-9,11,13H2,1-3H3. The summed E-state index contributed by atoms with van der Waals surface area (Å²) in [5.74, 6) is 0.803. The summed E-state index contributed by atoms with van der Waals surface area (Å²) in [4.78, 5) is 0. The van der Waals surface area contributed by atoms with E-state index in [1.54, 1.807) is 0 Å². The topological polar surface area (TPSA) is 17.0 Å². The fourth-order valence-corrected chi connectivity index (χ4v) is 2.45. The van der Waals surface area contributed by atoms with E-state index >= 15 is 0 Å². The van der Waals surface area contributed by atoms with Gasteiger partial charge in [0.25, 0.3) is 0 Å². The third-order valence-electron chi connectivity index (χ3n) is 3.70. The van der Waals surface area contributed by atoms with E-state index in [1.807, 2.05) is 0 Å². The van der Waals surface area contributed by atoms with Gasteiger partial charge >= 0.3 is 0 Å². The molecule has 2 aromatic rings. The highest BCUT2D eigenvalue weighted by Gasteiger charge is 2.04. The van der Waals surface area contributed by atoms with Crippen molar-refractivity contribution in [1.82, 2.24) is 9.88 Å². The van der Waals surface area contributed by atoms with Gasteiger partial charge in [0.2, 0.25) is 0 Å². The zero-order chi connectivity index (χ0) is 13.7. The van der Waals surface area contributed by atoms with Crippen molar-refractivity contribution in [1.29, 1.82) is 0 Å². The Hall–Kier alpha value is -1.28. The molecule has 2 rings (SSSR count). The quantitative estimate of drug-likeness (QED) is 0.792. The summed E-state index contributed by atoms with van der Waals surface area (Å²) in [7, 11) is 0. The van der Waals surface area contributed by atoms with E-state index in [2.05, 4.69) is 67.2 Å². The minimum Gasteiger partial charge on any atom is -0.346 e. The summed E-state index contributed by atoms with van der Waals surface area (Å²) in [6, 6.07) is 11.4. The van der Waals surface area contributed by atoms with Crippen molar-refractivity contribution in [2.24, 2.45) is 5.92 Å². The zero-order valence-corrected chi connectivity index (χ0v) is 12.4. The predicted octanol–water partition coefficient (Wildman–Crippen LogP) is 4.06. The molecule has 1 heterocycles. The summed E-state index contributed by atoms with van der Waals surface area (Å²) < 4.78 is 2.33. The van der Waals surface area contributed by atoms with Gasteiger partial charge < -0.3 is 9.88 Å². The molecular weight excluding hydrogens is 232 g/mol. The molecule has 1 aromatic heterocycles. The third-order valence-corrected chi connectivity index (χ3v) is 3.70. The molecule has 1 atom stereocenters. The Morgan fingerprint density at radius 2 is 1.84 bits per heavy atom. The van der Waals surface area contributed by atoms with Gasteiger partial charge in [-0.3, -0.25) is 0 Å². The van der Waals surface area contributed by atoms with Crippen LogP contribution in [0.25, 0.3) is 10.9 Å². The molecule has 1 unspecified atom stereocenters. The monoisotopic (exact) mass is 258 g/mol. The van der Waals surface area contributed by atoms with E-state index in [9.17, 15) is 0 Å². The molecule has 1 N–H and O–H groups in total. The highest BCUT2D eigenvalue weighted by Crippen LogP contribution is 2.14. The Labute approximate surface area is 116 Å². The predicted molar refractivity (Wildman–Crippen MR) is 83.5 cm³/mol. The second-order valence-corrected chi connectivity index (χ2v) is 5.89. The van der Waals surface area contributed by atoms with E-state index in [1.165, 1.54) is 23.7 Å². The number of hydrogen-bond donors (Lipinski definition) is 1. The van der Waals surface area contributed by atoms with Crippen LogP contribution in [0.5, 0.6) is 0 Å². The molecule has 0 amide bonds. The fourth-order valence-electron chi connectivity index (χ4n) is 2.45. The Balaban J connectivity index is 1.79. The van der Waals surface area contributed by atoms with Crippen molar-refractivity contribution in [3.8, 4) is 0 Å². The van der Waals surface area contributed by atoms with Gasteiger partial charge in [0, 0.05) is 30.8 Å². The lowest BCUT2D eigenvalue weighted by Crippen LogP contribution is -2.29. The van der Waals surface area contributed by atoms with Crippen LogP contribution in [0.1, 0.15) is 33.6 Å². The molecule has 2 nitrogen and oxygen atoms in total. The van der Waals surface area contributed by atoms with Crippen molar-refractivity contribution < 1.29 is 0 Å². The fraction of sp³-hybridized carbons (Fsp3) is 0.529. The molecular formula is C17H26N2. The van der Waals surface area contributed by atoms with E-state index in [0.717, 1.165) is 19.0 Å². The lowest BCUT2D eigenvalue weighted by atomic mass is 10.0.